The number of hydrogen-bond donors (Lipinski definition) is 1. The number of pyridine rings is 1. The molecule has 9 aromatic carbocycles. The molecule has 0 spiro atoms. The van der Waals surface area contributed by atoms with Gasteiger partial charge in [0.25, 0.3) is 0 Å². The van der Waals surface area contributed by atoms with Crippen LogP contribution in [0.4, 0.5) is 0 Å². The van der Waals surface area contributed by atoms with Gasteiger partial charge in [-0.3, -0.25) is 9.55 Å². The lowest BCUT2D eigenvalue weighted by atomic mass is 9.79. The normalized spacial score (nSPS) is 12.2. The minimum Gasteiger partial charge on any atom is -0.507 e. The Kier molecular flexibility index (Phi) is 10.4. The molecule has 0 saturated heterocycles. The summed E-state index contributed by atoms with van der Waals surface area (Å²) < 4.78 is 2.33. The van der Waals surface area contributed by atoms with E-state index in [4.69, 9.17) is 9.97 Å². The van der Waals surface area contributed by atoms with Crippen molar-refractivity contribution in [2.45, 2.75) is 73.1 Å². The summed E-state index contributed by atoms with van der Waals surface area (Å²) >= 11 is 0. The van der Waals surface area contributed by atoms with Gasteiger partial charge in [-0.1, -0.05) is 181 Å². The van der Waals surface area contributed by atoms with Crippen LogP contribution in [-0.2, 0) is 10.8 Å². The third kappa shape index (κ3) is 7.56. The van der Waals surface area contributed by atoms with Crippen LogP contribution in [0.15, 0.2) is 176 Å². The molecule has 0 aliphatic carbocycles. The second-order valence-corrected chi connectivity index (χ2v) is 21.0. The highest BCUT2D eigenvalue weighted by atomic mass is 16.3. The van der Waals surface area contributed by atoms with Crippen LogP contribution in [0.1, 0.15) is 69.4 Å². The molecule has 0 amide bonds. The number of nitrogens with zero attached hydrogens (tertiary/aromatic N) is 3. The van der Waals surface area contributed by atoms with Crippen molar-refractivity contribution in [2.24, 2.45) is 0 Å². The third-order valence-electron chi connectivity index (χ3n) is 14.1. The van der Waals surface area contributed by atoms with Crippen molar-refractivity contribution in [2.75, 3.05) is 0 Å². The molecule has 0 fully saturated rings. The number of phenols is 1. The molecule has 0 atom stereocenters. The highest BCUT2D eigenvalue weighted by Gasteiger charge is 2.30. The van der Waals surface area contributed by atoms with Crippen molar-refractivity contribution in [1.82, 2.24) is 14.5 Å². The number of phenolic OH excluding ortho intramolecular Hbond substituents is 1. The minimum atomic E-state index is -0.345. The van der Waals surface area contributed by atoms with Gasteiger partial charge in [-0.2, -0.15) is 0 Å². The fraction of sp³-hybridized carbons (Fsp3) is 0.169. The number of aromatic hydroxyl groups is 1. The van der Waals surface area contributed by atoms with Gasteiger partial charge in [0.15, 0.2) is 0 Å². The van der Waals surface area contributed by atoms with E-state index >= 15 is 0 Å². The summed E-state index contributed by atoms with van der Waals surface area (Å²) in [5.74, 6) is 0.934. The van der Waals surface area contributed by atoms with Crippen LogP contribution in [0.25, 0.3) is 105 Å². The zero-order chi connectivity index (χ0) is 47.9. The molecule has 2 heterocycles. The first-order chi connectivity index (χ1) is 33.1. The first kappa shape index (κ1) is 43.7. The van der Waals surface area contributed by atoms with Crippen LogP contribution in [0.5, 0.6) is 5.75 Å². The minimum absolute atomic E-state index is 0.204. The summed E-state index contributed by atoms with van der Waals surface area (Å²) in [4.78, 5) is 10.9. The van der Waals surface area contributed by atoms with Gasteiger partial charge >= 0.3 is 0 Å². The molecule has 0 radical (unpaired) electrons. The molecule has 0 unspecified atom stereocenters. The van der Waals surface area contributed by atoms with Crippen molar-refractivity contribution in [3.8, 4) is 67.5 Å². The fourth-order valence-electron chi connectivity index (χ4n) is 10.7. The topological polar surface area (TPSA) is 50.9 Å². The Labute approximate surface area is 405 Å². The van der Waals surface area contributed by atoms with E-state index in [0.717, 1.165) is 93.7 Å². The summed E-state index contributed by atoms with van der Waals surface area (Å²) in [6.45, 7) is 19.8. The Morgan fingerprint density at radius 3 is 1.88 bits per heavy atom. The van der Waals surface area contributed by atoms with Crippen molar-refractivity contribution in [3.63, 3.8) is 0 Å². The molecule has 69 heavy (non-hydrogen) atoms. The molecule has 338 valence electrons. The summed E-state index contributed by atoms with van der Waals surface area (Å²) in [5.41, 5.74) is 17.4. The molecule has 1 N–H and O–H groups in total. The summed E-state index contributed by atoms with van der Waals surface area (Å²) in [6.07, 6.45) is 1.93. The monoisotopic (exact) mass is 895 g/mol. The largest absolute Gasteiger partial charge is 0.507 e. The van der Waals surface area contributed by atoms with Gasteiger partial charge in [0.1, 0.15) is 11.6 Å². The molecule has 11 aromatic rings. The van der Waals surface area contributed by atoms with E-state index in [-0.39, 0.29) is 16.6 Å². The van der Waals surface area contributed by atoms with E-state index in [1.54, 1.807) is 0 Å². The Morgan fingerprint density at radius 2 is 1.16 bits per heavy atom. The van der Waals surface area contributed by atoms with Crippen LogP contribution >= 0.6 is 0 Å². The maximum Gasteiger partial charge on any atom is 0.149 e. The van der Waals surface area contributed by atoms with Crippen molar-refractivity contribution in [1.29, 1.82) is 0 Å². The van der Waals surface area contributed by atoms with Crippen LogP contribution in [0.2, 0.25) is 0 Å². The average molecular weight is 896 g/mol. The van der Waals surface area contributed by atoms with E-state index in [9.17, 15) is 5.11 Å². The number of imidazole rings is 1. The Bertz CT molecular complexity index is 3810. The van der Waals surface area contributed by atoms with Crippen LogP contribution < -0.4 is 0 Å². The molecule has 0 aliphatic rings. The number of fused-ring (bicyclic) bond motifs is 4. The maximum atomic E-state index is 12.7. The van der Waals surface area contributed by atoms with Crippen molar-refractivity contribution in [3.05, 3.63) is 204 Å². The highest BCUT2D eigenvalue weighted by Crippen LogP contribution is 2.47. The van der Waals surface area contributed by atoms with Gasteiger partial charge in [0.05, 0.1) is 28.0 Å². The van der Waals surface area contributed by atoms with Gasteiger partial charge in [-0.05, 0) is 128 Å². The van der Waals surface area contributed by atoms with Gasteiger partial charge in [0, 0.05) is 39.2 Å². The molecule has 0 aliphatic heterocycles. The first-order valence-electron chi connectivity index (χ1n) is 24.1. The molecule has 0 saturated carbocycles. The van der Waals surface area contributed by atoms with Crippen LogP contribution in [0.3, 0.4) is 0 Å². The second kappa shape index (κ2) is 16.5. The van der Waals surface area contributed by atoms with Crippen molar-refractivity contribution >= 4 is 43.4 Å². The number of hydrogen-bond acceptors (Lipinski definition) is 3. The predicted molar refractivity (Wildman–Crippen MR) is 292 cm³/mol. The third-order valence-corrected chi connectivity index (χ3v) is 14.1. The Morgan fingerprint density at radius 1 is 0.478 bits per heavy atom. The van der Waals surface area contributed by atoms with Gasteiger partial charge in [0.2, 0.25) is 0 Å². The zero-order valence-corrected chi connectivity index (χ0v) is 41.0. The molecule has 11 rings (SSSR count). The summed E-state index contributed by atoms with van der Waals surface area (Å²) in [6, 6.07) is 61.3. The van der Waals surface area contributed by atoms with Crippen LogP contribution in [0, 0.1) is 20.8 Å². The number of rotatable bonds is 6. The van der Waals surface area contributed by atoms with Gasteiger partial charge < -0.3 is 5.11 Å². The smallest absolute Gasteiger partial charge is 0.149 e. The fourth-order valence-corrected chi connectivity index (χ4v) is 10.7. The number of para-hydroxylation sites is 1. The van der Waals surface area contributed by atoms with Gasteiger partial charge in [-0.25, -0.2) is 4.98 Å². The lowest BCUT2D eigenvalue weighted by Crippen LogP contribution is -2.17. The van der Waals surface area contributed by atoms with E-state index in [1.165, 1.54) is 27.8 Å². The molecular weight excluding hydrogens is 839 g/mol. The molecule has 2 aromatic heterocycles. The van der Waals surface area contributed by atoms with E-state index in [1.807, 2.05) is 6.20 Å². The molecule has 4 nitrogen and oxygen atoms in total. The van der Waals surface area contributed by atoms with Crippen LogP contribution in [-0.4, -0.2) is 19.6 Å². The summed E-state index contributed by atoms with van der Waals surface area (Å²) in [5, 5.41) is 19.4. The number of benzene rings is 9. The zero-order valence-electron chi connectivity index (χ0n) is 41.0. The van der Waals surface area contributed by atoms with E-state index < -0.39 is 0 Å². The van der Waals surface area contributed by atoms with E-state index in [0.29, 0.717) is 11.4 Å². The maximum absolute atomic E-state index is 12.7. The standard InChI is InChI=1S/C65H57N3O/c1-39-32-40(2)58(41(3)33-39)45-27-28-49-46(34-45)35-47(36-54(49)59-50-22-15-13-21-44(50)30-31-66-59)51-24-17-25-57-60(51)67-63(55-37-48(64(4,5)6)38-56(62(55)69)65(7,8)9)68(57)61-52-23-16-14-20-43(52)26-29-53(61)42-18-11-10-12-19-42/h10-38,69H,1-9H3. The quantitative estimate of drug-likeness (QED) is 0.181. The lowest BCUT2D eigenvalue weighted by Gasteiger charge is -2.28. The Hall–Kier alpha value is -7.82. The first-order valence-corrected chi connectivity index (χ1v) is 24.1. The molecular formula is C65H57N3O. The van der Waals surface area contributed by atoms with Crippen molar-refractivity contribution < 1.29 is 5.11 Å². The average Bonchev–Trinajstić information content (AvgIpc) is 3.71. The summed E-state index contributed by atoms with van der Waals surface area (Å²) in [7, 11) is 0. The second-order valence-electron chi connectivity index (χ2n) is 21.0. The Balaban J connectivity index is 1.28. The predicted octanol–water partition coefficient (Wildman–Crippen LogP) is 17.4. The number of aromatic nitrogens is 3. The SMILES string of the molecule is Cc1cc(C)c(-c2ccc3c(-c4nccc5ccccc45)cc(-c4cccc5c4nc(-c4cc(C(C)(C)C)cc(C(C)(C)C)c4O)n5-c4c(-c5ccccc5)ccc5ccccc45)cc3c2)c(C)c1. The highest BCUT2D eigenvalue weighted by molar-refractivity contribution is 6.09. The van der Waals surface area contributed by atoms with Gasteiger partial charge in [-0.15, -0.1) is 0 Å². The molecule has 4 heteroatoms. The lowest BCUT2D eigenvalue weighted by molar-refractivity contribution is 0.446. The molecule has 0 bridgehead atoms. The number of aryl methyl sites for hydroxylation is 3. The van der Waals surface area contributed by atoms with E-state index in [2.05, 4.69) is 237 Å².